The number of thiophene rings is 1. The Bertz CT molecular complexity index is 741. The third-order valence-electron chi connectivity index (χ3n) is 2.28. The summed E-state index contributed by atoms with van der Waals surface area (Å²) < 4.78 is 22.3. The summed E-state index contributed by atoms with van der Waals surface area (Å²) in [5.74, 6) is -0.456. The van der Waals surface area contributed by atoms with Gasteiger partial charge < -0.3 is 11.1 Å². The Morgan fingerprint density at radius 2 is 2.00 bits per heavy atom. The first kappa shape index (κ1) is 14.4. The number of rotatable bonds is 4. The highest BCUT2D eigenvalue weighted by Crippen LogP contribution is 2.20. The summed E-state index contributed by atoms with van der Waals surface area (Å²) in [6, 6.07) is 2.96. The van der Waals surface area contributed by atoms with E-state index in [1.807, 2.05) is 0 Å². The van der Waals surface area contributed by atoms with Gasteiger partial charge in [-0.15, -0.1) is 11.3 Å². The fourth-order valence-electron chi connectivity index (χ4n) is 1.38. The second-order valence-electron chi connectivity index (χ2n) is 3.74. The number of hydrogen-bond acceptors (Lipinski definition) is 7. The average molecular weight is 313 g/mol. The third kappa shape index (κ3) is 3.29. The number of anilines is 1. The van der Waals surface area contributed by atoms with Gasteiger partial charge in [-0.2, -0.15) is 0 Å². The van der Waals surface area contributed by atoms with Gasteiger partial charge in [0.1, 0.15) is 4.21 Å². The van der Waals surface area contributed by atoms with E-state index < -0.39 is 15.9 Å². The zero-order valence-corrected chi connectivity index (χ0v) is 11.7. The highest BCUT2D eigenvalue weighted by Gasteiger charge is 2.14. The monoisotopic (exact) mass is 313 g/mol. The molecule has 0 aliphatic carbocycles. The minimum atomic E-state index is -3.72. The maximum absolute atomic E-state index is 11.8. The molecule has 8 nitrogen and oxygen atoms in total. The van der Waals surface area contributed by atoms with Crippen molar-refractivity contribution >= 4 is 33.1 Å². The van der Waals surface area contributed by atoms with Crippen molar-refractivity contribution in [3.05, 3.63) is 35.1 Å². The Labute approximate surface area is 118 Å². The zero-order chi connectivity index (χ0) is 14.8. The molecule has 0 aromatic carbocycles. The summed E-state index contributed by atoms with van der Waals surface area (Å²) in [7, 11) is -3.72. The predicted molar refractivity (Wildman–Crippen MR) is 73.3 cm³/mol. The molecule has 106 valence electrons. The lowest BCUT2D eigenvalue weighted by molar-refractivity contribution is 0.0947. The van der Waals surface area contributed by atoms with Crippen LogP contribution in [-0.2, 0) is 16.6 Å². The first-order chi connectivity index (χ1) is 9.38. The molecule has 2 rings (SSSR count). The molecule has 1 amide bonds. The molecule has 0 unspecified atom stereocenters. The van der Waals surface area contributed by atoms with Gasteiger partial charge in [-0.25, -0.2) is 23.5 Å². The molecule has 10 heteroatoms. The van der Waals surface area contributed by atoms with Crippen molar-refractivity contribution in [3.63, 3.8) is 0 Å². The van der Waals surface area contributed by atoms with E-state index >= 15 is 0 Å². The molecular formula is C10H11N5O3S2. The first-order valence-corrected chi connectivity index (χ1v) is 7.70. The number of nitrogens with zero attached hydrogens (tertiary/aromatic N) is 2. The van der Waals surface area contributed by atoms with Gasteiger partial charge in [-0.3, -0.25) is 4.79 Å². The van der Waals surface area contributed by atoms with Crippen molar-refractivity contribution in [1.29, 1.82) is 0 Å². The van der Waals surface area contributed by atoms with E-state index in [2.05, 4.69) is 15.3 Å². The van der Waals surface area contributed by atoms with Crippen LogP contribution in [0.1, 0.15) is 15.4 Å². The number of hydrogen-bond donors (Lipinski definition) is 3. The summed E-state index contributed by atoms with van der Waals surface area (Å²) in [4.78, 5) is 20.0. The number of sulfonamides is 1. The molecule has 0 aliphatic heterocycles. The zero-order valence-electron chi connectivity index (χ0n) is 10.1. The van der Waals surface area contributed by atoms with Crippen molar-refractivity contribution in [2.24, 2.45) is 5.14 Å². The number of nitrogens with two attached hydrogens (primary N) is 2. The summed E-state index contributed by atoms with van der Waals surface area (Å²) >= 11 is 0.986. The number of aromatic nitrogens is 2. The van der Waals surface area contributed by atoms with E-state index in [0.29, 0.717) is 4.88 Å². The fraction of sp³-hybridized carbons (Fsp3) is 0.100. The largest absolute Gasteiger partial charge is 0.382 e. The normalized spacial score (nSPS) is 11.2. The molecule has 0 radical (unpaired) electrons. The maximum Gasteiger partial charge on any atom is 0.274 e. The number of carbonyl (C=O) groups is 1. The molecule has 2 aromatic rings. The summed E-state index contributed by atoms with van der Waals surface area (Å²) in [5.41, 5.74) is 5.55. The number of carbonyl (C=O) groups excluding carboxylic acids is 1. The van der Waals surface area contributed by atoms with Gasteiger partial charge in [0.25, 0.3) is 5.91 Å². The molecule has 0 fully saturated rings. The van der Waals surface area contributed by atoms with E-state index in [-0.39, 0.29) is 22.3 Å². The van der Waals surface area contributed by atoms with Crippen LogP contribution in [0.5, 0.6) is 0 Å². The van der Waals surface area contributed by atoms with Gasteiger partial charge in [0, 0.05) is 17.3 Å². The molecule has 2 aromatic heterocycles. The Morgan fingerprint density at radius 1 is 1.30 bits per heavy atom. The molecule has 5 N–H and O–H groups in total. The van der Waals surface area contributed by atoms with Crippen molar-refractivity contribution in [3.8, 4) is 0 Å². The Kier molecular flexibility index (Phi) is 3.97. The molecule has 0 saturated heterocycles. The SMILES string of the molecule is Nc1nccnc1C(=O)NCc1ccc(S(N)(=O)=O)s1. The van der Waals surface area contributed by atoms with Crippen LogP contribution in [0.4, 0.5) is 5.82 Å². The van der Waals surface area contributed by atoms with Gasteiger partial charge in [-0.1, -0.05) is 0 Å². The average Bonchev–Trinajstić information content (AvgIpc) is 2.85. The molecular weight excluding hydrogens is 302 g/mol. The molecule has 0 bridgehead atoms. The quantitative estimate of drug-likeness (QED) is 0.707. The second kappa shape index (κ2) is 5.53. The molecule has 20 heavy (non-hydrogen) atoms. The number of primary sulfonamides is 1. The standard InChI is InChI=1S/C10H11N5O3S2/c11-9-8(13-3-4-14-9)10(16)15-5-6-1-2-7(19-6)20(12,17)18/h1-4H,5H2,(H2,11,14)(H,15,16)(H2,12,17,18). The third-order valence-corrected chi connectivity index (χ3v) is 4.81. The first-order valence-electron chi connectivity index (χ1n) is 5.34. The number of nitrogen functional groups attached to an aromatic ring is 1. The molecule has 0 saturated carbocycles. The lowest BCUT2D eigenvalue weighted by atomic mass is 10.3. The van der Waals surface area contributed by atoms with E-state index in [1.165, 1.54) is 18.5 Å². The number of nitrogens with one attached hydrogen (secondary N) is 1. The summed E-state index contributed by atoms with van der Waals surface area (Å²) in [6.45, 7) is 0.148. The number of amides is 1. The highest BCUT2D eigenvalue weighted by atomic mass is 32.2. The van der Waals surface area contributed by atoms with E-state index in [9.17, 15) is 13.2 Å². The molecule has 0 aliphatic rings. The fourth-order valence-corrected chi connectivity index (χ4v) is 3.10. The lowest BCUT2D eigenvalue weighted by Crippen LogP contribution is -2.24. The Balaban J connectivity index is 2.04. The Morgan fingerprint density at radius 3 is 2.60 bits per heavy atom. The van der Waals surface area contributed by atoms with E-state index in [4.69, 9.17) is 10.9 Å². The van der Waals surface area contributed by atoms with Gasteiger partial charge in [-0.05, 0) is 12.1 Å². The smallest absolute Gasteiger partial charge is 0.274 e. The second-order valence-corrected chi connectivity index (χ2v) is 6.70. The van der Waals surface area contributed by atoms with Crippen LogP contribution in [0.25, 0.3) is 0 Å². The minimum Gasteiger partial charge on any atom is -0.382 e. The van der Waals surface area contributed by atoms with Gasteiger partial charge in [0.15, 0.2) is 11.5 Å². The van der Waals surface area contributed by atoms with E-state index in [0.717, 1.165) is 11.3 Å². The van der Waals surface area contributed by atoms with Crippen LogP contribution in [0, 0.1) is 0 Å². The van der Waals surface area contributed by atoms with Crippen LogP contribution < -0.4 is 16.2 Å². The van der Waals surface area contributed by atoms with Crippen LogP contribution >= 0.6 is 11.3 Å². The predicted octanol–water partition coefficient (Wildman–Crippen LogP) is -0.302. The van der Waals surface area contributed by atoms with Crippen molar-refractivity contribution in [1.82, 2.24) is 15.3 Å². The summed E-state index contributed by atoms with van der Waals surface area (Å²) in [5, 5.41) is 7.57. The van der Waals surface area contributed by atoms with Gasteiger partial charge >= 0.3 is 0 Å². The molecule has 0 atom stereocenters. The van der Waals surface area contributed by atoms with Crippen LogP contribution in [-0.4, -0.2) is 24.3 Å². The molecule has 0 spiro atoms. The van der Waals surface area contributed by atoms with Crippen LogP contribution in [0.3, 0.4) is 0 Å². The lowest BCUT2D eigenvalue weighted by Gasteiger charge is -2.04. The van der Waals surface area contributed by atoms with Crippen molar-refractivity contribution in [2.45, 2.75) is 10.8 Å². The topological polar surface area (TPSA) is 141 Å². The van der Waals surface area contributed by atoms with E-state index in [1.54, 1.807) is 6.07 Å². The minimum absolute atomic E-state index is 0.0238. The van der Waals surface area contributed by atoms with Gasteiger partial charge in [0.05, 0.1) is 6.54 Å². The highest BCUT2D eigenvalue weighted by molar-refractivity contribution is 7.91. The van der Waals surface area contributed by atoms with Gasteiger partial charge in [0.2, 0.25) is 10.0 Å². The Hall–Kier alpha value is -2.04. The van der Waals surface area contributed by atoms with Crippen LogP contribution in [0.2, 0.25) is 0 Å². The van der Waals surface area contributed by atoms with Crippen LogP contribution in [0.15, 0.2) is 28.7 Å². The maximum atomic E-state index is 11.8. The summed E-state index contributed by atoms with van der Waals surface area (Å²) in [6.07, 6.45) is 2.74. The van der Waals surface area contributed by atoms with Crippen molar-refractivity contribution in [2.75, 3.05) is 5.73 Å². The van der Waals surface area contributed by atoms with Crippen molar-refractivity contribution < 1.29 is 13.2 Å². The molecule has 2 heterocycles.